The number of carbonyl (C=O) groups excluding carboxylic acids is 3. The molecule has 18 nitrogen and oxygen atoms in total. The van der Waals surface area contributed by atoms with Crippen molar-refractivity contribution < 1.29 is 120 Å². The molecule has 1 saturated heterocycles. The first-order valence-corrected chi connectivity index (χ1v) is 12.8. The number of aliphatic carboxylic acids is 2. The summed E-state index contributed by atoms with van der Waals surface area (Å²) >= 11 is 2.32. The van der Waals surface area contributed by atoms with Gasteiger partial charge in [-0.2, -0.15) is 0 Å². The zero-order chi connectivity index (χ0) is 26.9. The quantitative estimate of drug-likeness (QED) is 0.0538. The number of carboxylic acid groups (broad SMARTS) is 2. The first-order valence-electron chi connectivity index (χ1n) is 10.8. The molecule has 2 atom stereocenters. The van der Waals surface area contributed by atoms with Crippen LogP contribution in [-0.4, -0.2) is 94.6 Å². The Morgan fingerprint density at radius 3 is 2.30 bits per heavy atom. The minimum absolute atomic E-state index is 0. The number of halogens is 1. The maximum atomic E-state index is 13.1. The second-order valence-corrected chi connectivity index (χ2v) is 10.6. The fourth-order valence-electron chi connectivity index (χ4n) is 3.56. The smallest absolute Gasteiger partial charge is 1.00 e. The van der Waals surface area contributed by atoms with Crippen molar-refractivity contribution in [3.05, 3.63) is 52.9 Å². The van der Waals surface area contributed by atoms with Gasteiger partial charge >= 0.3 is 35.5 Å². The summed E-state index contributed by atoms with van der Waals surface area (Å²) in [5, 5.41) is 28.4. The third kappa shape index (κ3) is 10.3. The summed E-state index contributed by atoms with van der Waals surface area (Å²) in [4.78, 5) is 59.6. The molecule has 0 aliphatic carbocycles. The van der Waals surface area contributed by atoms with Crippen molar-refractivity contribution in [3.63, 3.8) is 0 Å². The maximum absolute atomic E-state index is 13.1. The van der Waals surface area contributed by atoms with Crippen LogP contribution >= 0.6 is 23.1 Å². The summed E-state index contributed by atoms with van der Waals surface area (Å²) in [6.07, 6.45) is 3.55. The van der Waals surface area contributed by atoms with Gasteiger partial charge < -0.3 is 82.3 Å². The van der Waals surface area contributed by atoms with Gasteiger partial charge in [-0.25, -0.2) is 14.3 Å². The Labute approximate surface area is 297 Å². The number of anilines is 1. The van der Waals surface area contributed by atoms with Crippen molar-refractivity contribution in [3.8, 4) is 0 Å². The van der Waals surface area contributed by atoms with Crippen LogP contribution in [0.5, 0.6) is 0 Å². The fraction of sp³-hybridized carbons (Fsp3) is 0.318. The molecule has 0 radical (unpaired) electrons. The first kappa shape index (κ1) is 48.5. The van der Waals surface area contributed by atoms with E-state index in [0.717, 1.165) is 16.2 Å². The molecule has 0 spiro atoms. The summed E-state index contributed by atoms with van der Waals surface area (Å²) < 4.78 is 1.78. The number of carbonyl (C=O) groups is 4. The van der Waals surface area contributed by atoms with E-state index in [4.69, 9.17) is 10.6 Å². The number of amides is 2. The molecule has 2 aromatic rings. The summed E-state index contributed by atoms with van der Waals surface area (Å²) in [5.74, 6) is -4.01. The molecule has 14 N–H and O–H groups in total. The second-order valence-electron chi connectivity index (χ2n) is 8.57. The molecule has 0 unspecified atom stereocenters. The van der Waals surface area contributed by atoms with Crippen molar-refractivity contribution in [1.82, 2.24) is 15.2 Å². The van der Waals surface area contributed by atoms with Crippen LogP contribution in [0.4, 0.5) is 5.13 Å². The zero-order valence-electron chi connectivity index (χ0n) is 23.5. The van der Waals surface area contributed by atoms with E-state index in [2.05, 4.69) is 15.5 Å². The predicted molar refractivity (Wildman–Crippen MR) is 148 cm³/mol. The number of nitrogen functional groups attached to an aromatic ring is 1. The van der Waals surface area contributed by atoms with Gasteiger partial charge in [0.1, 0.15) is 17.1 Å². The Balaban J connectivity index is -0.00000114. The van der Waals surface area contributed by atoms with E-state index in [1.807, 2.05) is 6.07 Å². The standard InChI is InChI=1S/C22H22N6O7S2.HI.Na.5H2O/c1-22(2,20(33)34)35-26-13(12-10-37-21(23)24-12)16(29)25-14-17(30)28-15(19(31)32)11(9-36-18(14)28)8-27-6-4-3-5-7-27;;;;;;;/h3-7,10,14,18H,8-9H2,1-2H3,(H4-,23,24,25,29,31,32,33,34);1H;;5*1H2/q;;+1;;;;;/p-1/b26-13-;;;;;;;/t14-,18-;;;;;;;/m1......./s1. The van der Waals surface area contributed by atoms with Crippen LogP contribution < -0.4 is 74.3 Å². The number of thiazole rings is 1. The molecule has 0 saturated carbocycles. The summed E-state index contributed by atoms with van der Waals surface area (Å²) in [6.45, 7) is 2.74. The minimum atomic E-state index is -1.75. The number of aromatic nitrogens is 2. The van der Waals surface area contributed by atoms with Crippen molar-refractivity contribution in [1.29, 1.82) is 0 Å². The first-order chi connectivity index (χ1) is 17.5. The number of oxime groups is 1. The van der Waals surface area contributed by atoms with E-state index in [0.29, 0.717) is 11.3 Å². The van der Waals surface area contributed by atoms with E-state index in [1.165, 1.54) is 31.0 Å². The molecular weight excluding hydrogens is 754 g/mol. The summed E-state index contributed by atoms with van der Waals surface area (Å²) in [6, 6.07) is 4.36. The molecule has 22 heteroatoms. The predicted octanol–water partition coefficient (Wildman–Crippen LogP) is -11.4. The molecular formula is C22H32IN6NaO12S2. The number of nitrogens with one attached hydrogen (secondary N) is 1. The van der Waals surface area contributed by atoms with Crippen LogP contribution in [0, 0.1) is 0 Å². The Morgan fingerprint density at radius 1 is 1.20 bits per heavy atom. The molecule has 4 heterocycles. The number of rotatable bonds is 9. The summed E-state index contributed by atoms with van der Waals surface area (Å²) in [5.41, 5.74) is 3.83. The fourth-order valence-corrected chi connectivity index (χ4v) is 5.45. The molecule has 2 aromatic heterocycles. The van der Waals surface area contributed by atoms with Crippen LogP contribution in [0.2, 0.25) is 0 Å². The number of pyridine rings is 1. The Bertz CT molecular complexity index is 1350. The van der Waals surface area contributed by atoms with Crippen molar-refractivity contribution in [2.75, 3.05) is 11.5 Å². The average molecular weight is 787 g/mol. The molecule has 2 aliphatic rings. The number of fused-ring (bicyclic) bond motifs is 1. The van der Waals surface area contributed by atoms with Gasteiger partial charge in [-0.15, -0.1) is 23.1 Å². The van der Waals surface area contributed by atoms with Gasteiger partial charge in [0.05, 0.1) is 11.7 Å². The molecule has 1 fully saturated rings. The number of hydrogen-bond acceptors (Lipinski definition) is 11. The molecule has 0 aromatic carbocycles. The molecule has 44 heavy (non-hydrogen) atoms. The maximum Gasteiger partial charge on any atom is 1.00 e. The van der Waals surface area contributed by atoms with Gasteiger partial charge in [0.2, 0.25) is 5.60 Å². The van der Waals surface area contributed by atoms with Gasteiger partial charge in [0.25, 0.3) is 11.8 Å². The van der Waals surface area contributed by atoms with E-state index in [-0.39, 0.29) is 110 Å². The van der Waals surface area contributed by atoms with Crippen LogP contribution in [0.25, 0.3) is 0 Å². The Morgan fingerprint density at radius 2 is 1.80 bits per heavy atom. The Kier molecular flexibility index (Phi) is 21.8. The van der Waals surface area contributed by atoms with Crippen LogP contribution in [0.3, 0.4) is 0 Å². The molecule has 4 rings (SSSR count). The van der Waals surface area contributed by atoms with Gasteiger partial charge in [-0.1, -0.05) is 11.2 Å². The molecule has 242 valence electrons. The van der Waals surface area contributed by atoms with Gasteiger partial charge in [0, 0.05) is 28.8 Å². The third-order valence-electron chi connectivity index (χ3n) is 5.54. The van der Waals surface area contributed by atoms with E-state index < -0.39 is 40.8 Å². The SMILES string of the molecule is CC(C)(O/N=C(\C(=O)N[C@@H]1C(=O)N2C(C(=O)[O-])=C(C[n+]3ccccc3)CS[C@H]12)c1csc(N)n1)C(=O)O.O.O.O.O.O.[I-].[Na+]. The number of hydrogen-bond donors (Lipinski definition) is 3. The molecule has 0 bridgehead atoms. The van der Waals surface area contributed by atoms with E-state index >= 15 is 0 Å². The van der Waals surface area contributed by atoms with Gasteiger partial charge in [0.15, 0.2) is 29.8 Å². The number of carboxylic acids is 2. The van der Waals surface area contributed by atoms with Crippen LogP contribution in [-0.2, 0) is 30.6 Å². The number of nitrogens with zero attached hydrogens (tertiary/aromatic N) is 4. The monoisotopic (exact) mass is 786 g/mol. The molecule has 2 aliphatic heterocycles. The number of β-lactam (4-membered cyclic amide) rings is 1. The van der Waals surface area contributed by atoms with Gasteiger partial charge in [-0.3, -0.25) is 14.5 Å². The van der Waals surface area contributed by atoms with E-state index in [1.54, 1.807) is 29.1 Å². The average Bonchev–Trinajstić information content (AvgIpc) is 3.28. The zero-order valence-corrected chi connectivity index (χ0v) is 29.3. The minimum Gasteiger partial charge on any atom is -1.00 e. The largest absolute Gasteiger partial charge is 1.00 e. The van der Waals surface area contributed by atoms with Gasteiger partial charge in [-0.05, 0) is 13.8 Å². The van der Waals surface area contributed by atoms with Crippen LogP contribution in [0.1, 0.15) is 19.5 Å². The van der Waals surface area contributed by atoms with Crippen molar-refractivity contribution >= 4 is 57.7 Å². The second kappa shape index (κ2) is 19.8. The van der Waals surface area contributed by atoms with Crippen molar-refractivity contribution in [2.24, 2.45) is 5.16 Å². The summed E-state index contributed by atoms with van der Waals surface area (Å²) in [7, 11) is 0. The number of thioether (sulfide) groups is 1. The van der Waals surface area contributed by atoms with Crippen molar-refractivity contribution in [2.45, 2.75) is 37.4 Å². The topological polar surface area (TPSA) is 349 Å². The normalized spacial score (nSPS) is 16.5. The van der Waals surface area contributed by atoms with E-state index in [9.17, 15) is 29.4 Å². The van der Waals surface area contributed by atoms with Crippen LogP contribution in [0.15, 0.2) is 52.4 Å². The Hall–Kier alpha value is -2.45. The molecule has 2 amide bonds. The third-order valence-corrected chi connectivity index (χ3v) is 7.55. The number of nitrogens with two attached hydrogens (primary N) is 1.